The maximum atomic E-state index is 11.8. The summed E-state index contributed by atoms with van der Waals surface area (Å²) in [4.78, 5) is 35.3. The minimum Gasteiger partial charge on any atom is -0.466 e. The molecule has 0 atom stereocenters. The van der Waals surface area contributed by atoms with E-state index in [0.717, 1.165) is 64.2 Å². The van der Waals surface area contributed by atoms with Gasteiger partial charge in [-0.25, -0.2) is 4.79 Å². The van der Waals surface area contributed by atoms with E-state index >= 15 is 0 Å². The number of carbonyl (C=O) groups excluding carboxylic acids is 3. The van der Waals surface area contributed by atoms with Crippen LogP contribution in [-0.2, 0) is 19.1 Å². The maximum Gasteiger partial charge on any atom is 0.314 e. The highest BCUT2D eigenvalue weighted by molar-refractivity contribution is 5.73. The van der Waals surface area contributed by atoms with Crippen LogP contribution in [0.4, 0.5) is 4.79 Å². The number of rotatable bonds is 26. The monoisotopic (exact) mass is 512 g/mol. The third-order valence-electron chi connectivity index (χ3n) is 6.21. The number of amides is 2. The number of ether oxygens (including phenoxy) is 2. The molecule has 2 amide bonds. The molecule has 0 aliphatic carbocycles. The molecule has 7 heteroatoms. The van der Waals surface area contributed by atoms with E-state index in [4.69, 9.17) is 9.47 Å². The lowest BCUT2D eigenvalue weighted by molar-refractivity contribution is -0.144. The second-order valence-corrected chi connectivity index (χ2v) is 9.78. The van der Waals surface area contributed by atoms with E-state index in [-0.39, 0.29) is 18.0 Å². The van der Waals surface area contributed by atoms with E-state index in [1.807, 2.05) is 0 Å². The van der Waals surface area contributed by atoms with Gasteiger partial charge in [0, 0.05) is 25.9 Å². The van der Waals surface area contributed by atoms with Crippen molar-refractivity contribution in [2.24, 2.45) is 0 Å². The Hall–Kier alpha value is -1.79. The zero-order valence-corrected chi connectivity index (χ0v) is 23.5. The molecule has 2 N–H and O–H groups in total. The van der Waals surface area contributed by atoms with Crippen LogP contribution in [0.1, 0.15) is 142 Å². The number of nitrogens with one attached hydrogen (secondary N) is 2. The molecule has 0 unspecified atom stereocenters. The molecule has 0 saturated heterocycles. The molecule has 0 radical (unpaired) electrons. The highest BCUT2D eigenvalue weighted by atomic mass is 16.5. The van der Waals surface area contributed by atoms with Crippen molar-refractivity contribution in [3.63, 3.8) is 0 Å². The molecule has 7 nitrogen and oxygen atoms in total. The lowest BCUT2D eigenvalue weighted by Crippen LogP contribution is -2.36. The molecular formula is C29H56N2O5. The smallest absolute Gasteiger partial charge is 0.314 e. The second-order valence-electron chi connectivity index (χ2n) is 9.78. The van der Waals surface area contributed by atoms with Crippen molar-refractivity contribution < 1.29 is 23.9 Å². The van der Waals surface area contributed by atoms with Crippen LogP contribution < -0.4 is 10.6 Å². The maximum absolute atomic E-state index is 11.8. The van der Waals surface area contributed by atoms with Gasteiger partial charge < -0.3 is 20.1 Å². The van der Waals surface area contributed by atoms with Crippen molar-refractivity contribution in [2.75, 3.05) is 26.3 Å². The number of hydrogen-bond acceptors (Lipinski definition) is 5. The molecule has 0 aromatic rings. The molecule has 0 fully saturated rings. The first-order valence-corrected chi connectivity index (χ1v) is 14.9. The molecule has 0 aliphatic rings. The van der Waals surface area contributed by atoms with Crippen LogP contribution >= 0.6 is 0 Å². The Kier molecular flexibility index (Phi) is 26.4. The van der Waals surface area contributed by atoms with Crippen LogP contribution in [0, 0.1) is 0 Å². The van der Waals surface area contributed by atoms with Crippen LogP contribution in [-0.4, -0.2) is 44.3 Å². The SMILES string of the molecule is CCCCCCCCOC(=O)CCCCCNC(=O)NCCCCCC(=O)OCCCCCCCC. The lowest BCUT2D eigenvalue weighted by atomic mass is 10.1. The summed E-state index contributed by atoms with van der Waals surface area (Å²) >= 11 is 0. The van der Waals surface area contributed by atoms with Gasteiger partial charge in [-0.1, -0.05) is 90.9 Å². The summed E-state index contributed by atoms with van der Waals surface area (Å²) in [5.41, 5.74) is 0. The van der Waals surface area contributed by atoms with Gasteiger partial charge in [-0.2, -0.15) is 0 Å². The number of hydrogen-bond donors (Lipinski definition) is 2. The normalized spacial score (nSPS) is 10.7. The van der Waals surface area contributed by atoms with E-state index in [1.165, 1.54) is 51.4 Å². The lowest BCUT2D eigenvalue weighted by Gasteiger charge is -2.08. The van der Waals surface area contributed by atoms with Gasteiger partial charge in [0.1, 0.15) is 0 Å². The van der Waals surface area contributed by atoms with Crippen LogP contribution in [0.2, 0.25) is 0 Å². The van der Waals surface area contributed by atoms with Crippen molar-refractivity contribution in [1.29, 1.82) is 0 Å². The summed E-state index contributed by atoms with van der Waals surface area (Å²) in [5.74, 6) is -0.222. The first kappa shape index (κ1) is 34.2. The minimum atomic E-state index is -0.160. The quantitative estimate of drug-likeness (QED) is 0.0943. The third kappa shape index (κ3) is 26.8. The Balaban J connectivity index is 3.36. The van der Waals surface area contributed by atoms with Crippen LogP contribution in [0.3, 0.4) is 0 Å². The largest absolute Gasteiger partial charge is 0.466 e. The molecule has 36 heavy (non-hydrogen) atoms. The Morgan fingerprint density at radius 3 is 1.25 bits per heavy atom. The predicted molar refractivity (Wildman–Crippen MR) is 147 cm³/mol. The van der Waals surface area contributed by atoms with Crippen molar-refractivity contribution in [3.05, 3.63) is 0 Å². The Morgan fingerprint density at radius 1 is 0.472 bits per heavy atom. The molecule has 0 aliphatic heterocycles. The summed E-state index contributed by atoms with van der Waals surface area (Å²) in [7, 11) is 0. The third-order valence-corrected chi connectivity index (χ3v) is 6.21. The van der Waals surface area contributed by atoms with Crippen molar-refractivity contribution >= 4 is 18.0 Å². The number of urea groups is 1. The average molecular weight is 513 g/mol. The Labute approximate surface area is 221 Å². The van der Waals surface area contributed by atoms with Crippen molar-refractivity contribution in [2.45, 2.75) is 142 Å². The zero-order valence-electron chi connectivity index (χ0n) is 23.5. The van der Waals surface area contributed by atoms with Crippen molar-refractivity contribution in [1.82, 2.24) is 10.6 Å². The first-order chi connectivity index (χ1) is 17.6. The van der Waals surface area contributed by atoms with Crippen molar-refractivity contribution in [3.8, 4) is 0 Å². The van der Waals surface area contributed by atoms with Gasteiger partial charge in [0.25, 0.3) is 0 Å². The number of esters is 2. The molecule has 0 aromatic heterocycles. The zero-order chi connectivity index (χ0) is 26.5. The number of carbonyl (C=O) groups is 3. The highest BCUT2D eigenvalue weighted by Gasteiger charge is 2.05. The Morgan fingerprint density at radius 2 is 0.833 bits per heavy atom. The molecule has 0 aromatic carbocycles. The van der Waals surface area contributed by atoms with Crippen LogP contribution in [0.5, 0.6) is 0 Å². The van der Waals surface area contributed by atoms with Gasteiger partial charge in [0.05, 0.1) is 13.2 Å². The topological polar surface area (TPSA) is 93.7 Å². The molecule has 0 bridgehead atoms. The van der Waals surface area contributed by atoms with E-state index < -0.39 is 0 Å². The molecular weight excluding hydrogens is 456 g/mol. The Bertz CT molecular complexity index is 484. The van der Waals surface area contributed by atoms with E-state index in [2.05, 4.69) is 24.5 Å². The summed E-state index contributed by atoms with van der Waals surface area (Å²) in [5, 5.41) is 5.69. The summed E-state index contributed by atoms with van der Waals surface area (Å²) in [6.45, 7) is 6.69. The fourth-order valence-electron chi connectivity index (χ4n) is 3.89. The fraction of sp³-hybridized carbons (Fsp3) is 0.897. The van der Waals surface area contributed by atoms with Gasteiger partial charge >= 0.3 is 18.0 Å². The van der Waals surface area contributed by atoms with E-state index in [0.29, 0.717) is 39.1 Å². The summed E-state index contributed by atoms with van der Waals surface area (Å²) in [6.07, 6.45) is 20.2. The highest BCUT2D eigenvalue weighted by Crippen LogP contribution is 2.07. The molecule has 0 heterocycles. The van der Waals surface area contributed by atoms with E-state index in [9.17, 15) is 14.4 Å². The minimum absolute atomic E-state index is 0.111. The molecule has 0 saturated carbocycles. The van der Waals surface area contributed by atoms with Gasteiger partial charge in [0.15, 0.2) is 0 Å². The molecule has 0 spiro atoms. The standard InChI is InChI=1S/C29H56N2O5/c1-3-5-7-9-11-19-25-35-27(32)21-15-13-17-23-30-29(34)31-24-18-14-16-22-28(33)36-26-20-12-10-8-6-4-2/h3-26H2,1-2H3,(H2,30,31,34). The molecule has 0 rings (SSSR count). The van der Waals surface area contributed by atoms with Crippen LogP contribution in [0.25, 0.3) is 0 Å². The van der Waals surface area contributed by atoms with E-state index in [1.54, 1.807) is 0 Å². The number of unbranched alkanes of at least 4 members (excludes halogenated alkanes) is 14. The van der Waals surface area contributed by atoms with Gasteiger partial charge in [-0.05, 0) is 38.5 Å². The fourth-order valence-corrected chi connectivity index (χ4v) is 3.89. The molecule has 212 valence electrons. The van der Waals surface area contributed by atoms with Gasteiger partial charge in [0.2, 0.25) is 0 Å². The summed E-state index contributed by atoms with van der Waals surface area (Å²) < 4.78 is 10.5. The van der Waals surface area contributed by atoms with Gasteiger partial charge in [-0.3, -0.25) is 9.59 Å². The average Bonchev–Trinajstić information content (AvgIpc) is 2.87. The van der Waals surface area contributed by atoms with Crippen LogP contribution in [0.15, 0.2) is 0 Å². The van der Waals surface area contributed by atoms with Gasteiger partial charge in [-0.15, -0.1) is 0 Å². The second kappa shape index (κ2) is 27.8. The first-order valence-electron chi connectivity index (χ1n) is 14.9. The summed E-state index contributed by atoms with van der Waals surface area (Å²) in [6, 6.07) is -0.160. The predicted octanol–water partition coefficient (Wildman–Crippen LogP) is 7.21.